The summed E-state index contributed by atoms with van der Waals surface area (Å²) in [6.45, 7) is 10.7. The summed E-state index contributed by atoms with van der Waals surface area (Å²) < 4.78 is 0. The van der Waals surface area contributed by atoms with Gasteiger partial charge in [0.25, 0.3) is 0 Å². The van der Waals surface area contributed by atoms with Crippen LogP contribution in [0.15, 0.2) is 0 Å². The molecule has 3 heteroatoms. The lowest BCUT2D eigenvalue weighted by Crippen LogP contribution is -2.44. The molecule has 0 spiro atoms. The van der Waals surface area contributed by atoms with Crippen LogP contribution in [-0.4, -0.2) is 23.2 Å². The molecule has 0 saturated carbocycles. The fourth-order valence-corrected chi connectivity index (χ4v) is 2.00. The maximum Gasteiger partial charge on any atom is 0.320 e. The van der Waals surface area contributed by atoms with Gasteiger partial charge in [0.05, 0.1) is 0 Å². The smallest absolute Gasteiger partial charge is 0.320 e. The first-order valence-corrected chi connectivity index (χ1v) is 6.89. The lowest BCUT2D eigenvalue weighted by Gasteiger charge is -2.25. The molecule has 102 valence electrons. The third-order valence-corrected chi connectivity index (χ3v) is 3.32. The average molecular weight is 243 g/mol. The molecule has 0 aromatic rings. The van der Waals surface area contributed by atoms with Crippen molar-refractivity contribution in [2.24, 2.45) is 11.8 Å². The summed E-state index contributed by atoms with van der Waals surface area (Å²) in [5.74, 6) is 0.340. The lowest BCUT2D eigenvalue weighted by molar-refractivity contribution is -0.140. The Morgan fingerprint density at radius 2 is 1.71 bits per heavy atom. The third kappa shape index (κ3) is 7.37. The van der Waals surface area contributed by atoms with E-state index in [1.54, 1.807) is 0 Å². The van der Waals surface area contributed by atoms with E-state index in [0.717, 1.165) is 19.3 Å². The van der Waals surface area contributed by atoms with E-state index in [4.69, 9.17) is 0 Å². The van der Waals surface area contributed by atoms with Crippen molar-refractivity contribution < 1.29 is 9.90 Å². The van der Waals surface area contributed by atoms with Gasteiger partial charge in [-0.15, -0.1) is 0 Å². The zero-order chi connectivity index (χ0) is 13.4. The van der Waals surface area contributed by atoms with E-state index < -0.39 is 12.0 Å². The largest absolute Gasteiger partial charge is 0.480 e. The first-order chi connectivity index (χ1) is 7.90. The molecule has 0 heterocycles. The Bertz CT molecular complexity index is 216. The standard InChI is InChI=1S/C14H29NO2/c1-6-11(5)9-12(7-2)15-13(14(16)17)8-10(3)4/h10-13,15H,6-9H2,1-5H3,(H,16,17). The van der Waals surface area contributed by atoms with Gasteiger partial charge < -0.3 is 10.4 Å². The molecule has 0 aliphatic rings. The Labute approximate surface area is 106 Å². The van der Waals surface area contributed by atoms with E-state index in [1.807, 2.05) is 0 Å². The van der Waals surface area contributed by atoms with Crippen molar-refractivity contribution >= 4 is 5.97 Å². The highest BCUT2D eigenvalue weighted by Gasteiger charge is 2.22. The minimum Gasteiger partial charge on any atom is -0.480 e. The predicted molar refractivity (Wildman–Crippen MR) is 72.2 cm³/mol. The summed E-state index contributed by atoms with van der Waals surface area (Å²) in [4.78, 5) is 11.2. The fraction of sp³-hybridized carbons (Fsp3) is 0.929. The van der Waals surface area contributed by atoms with Crippen molar-refractivity contribution in [3.63, 3.8) is 0 Å². The second kappa shape index (κ2) is 8.51. The molecule has 17 heavy (non-hydrogen) atoms. The number of carboxylic acid groups (broad SMARTS) is 1. The van der Waals surface area contributed by atoms with Gasteiger partial charge in [-0.25, -0.2) is 0 Å². The van der Waals surface area contributed by atoms with Crippen LogP contribution in [0, 0.1) is 11.8 Å². The van der Waals surface area contributed by atoms with Crippen LogP contribution in [0.1, 0.15) is 60.3 Å². The number of aliphatic carboxylic acids is 1. The van der Waals surface area contributed by atoms with Gasteiger partial charge in [-0.3, -0.25) is 4.79 Å². The van der Waals surface area contributed by atoms with Crippen LogP contribution < -0.4 is 5.32 Å². The molecular weight excluding hydrogens is 214 g/mol. The van der Waals surface area contributed by atoms with Crippen LogP contribution in [-0.2, 0) is 4.79 Å². The molecule has 0 radical (unpaired) electrons. The van der Waals surface area contributed by atoms with E-state index in [0.29, 0.717) is 24.3 Å². The van der Waals surface area contributed by atoms with Crippen LogP contribution >= 0.6 is 0 Å². The fourth-order valence-electron chi connectivity index (χ4n) is 2.00. The van der Waals surface area contributed by atoms with Crippen molar-refractivity contribution in [1.29, 1.82) is 0 Å². The Morgan fingerprint density at radius 3 is 2.06 bits per heavy atom. The van der Waals surface area contributed by atoms with Gasteiger partial charge in [0.1, 0.15) is 6.04 Å². The minimum atomic E-state index is -0.721. The molecule has 0 saturated heterocycles. The summed E-state index contributed by atoms with van der Waals surface area (Å²) in [6.07, 6.45) is 3.91. The molecule has 0 aliphatic carbocycles. The molecule has 3 unspecified atom stereocenters. The zero-order valence-electron chi connectivity index (χ0n) is 12.0. The van der Waals surface area contributed by atoms with Gasteiger partial charge in [-0.05, 0) is 31.1 Å². The number of hydrogen-bond acceptors (Lipinski definition) is 2. The van der Waals surface area contributed by atoms with Gasteiger partial charge >= 0.3 is 5.97 Å². The van der Waals surface area contributed by atoms with Crippen LogP contribution in [0.4, 0.5) is 0 Å². The van der Waals surface area contributed by atoms with Crippen LogP contribution in [0.25, 0.3) is 0 Å². The highest BCUT2D eigenvalue weighted by molar-refractivity contribution is 5.73. The molecular formula is C14H29NO2. The molecule has 0 rings (SSSR count). The molecule has 0 aromatic carbocycles. The Hall–Kier alpha value is -0.570. The van der Waals surface area contributed by atoms with E-state index in [1.165, 1.54) is 0 Å². The van der Waals surface area contributed by atoms with Crippen LogP contribution in [0.2, 0.25) is 0 Å². The Balaban J connectivity index is 4.33. The van der Waals surface area contributed by atoms with Crippen molar-refractivity contribution in [2.45, 2.75) is 72.4 Å². The summed E-state index contributed by atoms with van der Waals surface area (Å²) in [5.41, 5.74) is 0. The molecule has 0 aromatic heterocycles. The van der Waals surface area contributed by atoms with Crippen molar-refractivity contribution in [3.05, 3.63) is 0 Å². The summed E-state index contributed by atoms with van der Waals surface area (Å²) in [7, 11) is 0. The number of rotatable bonds is 9. The molecule has 3 atom stereocenters. The van der Waals surface area contributed by atoms with E-state index in [9.17, 15) is 9.90 Å². The van der Waals surface area contributed by atoms with Crippen LogP contribution in [0.3, 0.4) is 0 Å². The average Bonchev–Trinajstić information content (AvgIpc) is 2.25. The maximum atomic E-state index is 11.2. The van der Waals surface area contributed by atoms with Gasteiger partial charge in [0.15, 0.2) is 0 Å². The molecule has 0 aliphatic heterocycles. The van der Waals surface area contributed by atoms with E-state index >= 15 is 0 Å². The highest BCUT2D eigenvalue weighted by atomic mass is 16.4. The SMILES string of the molecule is CCC(C)CC(CC)NC(CC(C)C)C(=O)O. The molecule has 0 bridgehead atoms. The van der Waals surface area contributed by atoms with E-state index in [2.05, 4.69) is 39.9 Å². The highest BCUT2D eigenvalue weighted by Crippen LogP contribution is 2.14. The normalized spacial score (nSPS) is 16.8. The quantitative estimate of drug-likeness (QED) is 0.653. The predicted octanol–water partition coefficient (Wildman–Crippen LogP) is 3.29. The van der Waals surface area contributed by atoms with Gasteiger partial charge in [-0.1, -0.05) is 41.0 Å². The number of nitrogens with one attached hydrogen (secondary N) is 1. The van der Waals surface area contributed by atoms with Gasteiger partial charge in [0.2, 0.25) is 0 Å². The second-order valence-electron chi connectivity index (χ2n) is 5.54. The van der Waals surface area contributed by atoms with Gasteiger partial charge in [0, 0.05) is 6.04 Å². The van der Waals surface area contributed by atoms with Crippen LogP contribution in [0.5, 0.6) is 0 Å². The van der Waals surface area contributed by atoms with Crippen molar-refractivity contribution in [2.75, 3.05) is 0 Å². The molecule has 2 N–H and O–H groups in total. The monoisotopic (exact) mass is 243 g/mol. The Morgan fingerprint density at radius 1 is 1.12 bits per heavy atom. The van der Waals surface area contributed by atoms with Crippen molar-refractivity contribution in [3.8, 4) is 0 Å². The summed E-state index contributed by atoms with van der Waals surface area (Å²) in [5, 5.41) is 12.5. The van der Waals surface area contributed by atoms with Gasteiger partial charge in [-0.2, -0.15) is 0 Å². The molecule has 0 fully saturated rings. The number of hydrogen-bond donors (Lipinski definition) is 2. The minimum absolute atomic E-state index is 0.324. The molecule has 3 nitrogen and oxygen atoms in total. The van der Waals surface area contributed by atoms with E-state index in [-0.39, 0.29) is 0 Å². The molecule has 0 amide bonds. The third-order valence-electron chi connectivity index (χ3n) is 3.32. The first kappa shape index (κ1) is 16.4. The summed E-state index contributed by atoms with van der Waals surface area (Å²) >= 11 is 0. The van der Waals surface area contributed by atoms with Crippen molar-refractivity contribution in [1.82, 2.24) is 5.32 Å². The Kier molecular flexibility index (Phi) is 8.23. The lowest BCUT2D eigenvalue weighted by atomic mass is 9.95. The summed E-state index contributed by atoms with van der Waals surface area (Å²) in [6, 6.07) is -0.0752. The first-order valence-electron chi connectivity index (χ1n) is 6.89. The number of carboxylic acids is 1. The second-order valence-corrected chi connectivity index (χ2v) is 5.54. The maximum absolute atomic E-state index is 11.2. The zero-order valence-corrected chi connectivity index (χ0v) is 12.0. The topological polar surface area (TPSA) is 49.3 Å². The number of carbonyl (C=O) groups is 1.